The Labute approximate surface area is 126 Å². The zero-order chi connectivity index (χ0) is 15.1. The van der Waals surface area contributed by atoms with Gasteiger partial charge in [-0.2, -0.15) is 0 Å². The van der Waals surface area contributed by atoms with Gasteiger partial charge in [0.2, 0.25) is 0 Å². The second-order valence-corrected chi connectivity index (χ2v) is 5.44. The van der Waals surface area contributed by atoms with E-state index < -0.39 is 0 Å². The van der Waals surface area contributed by atoms with Crippen molar-refractivity contribution in [3.63, 3.8) is 0 Å². The van der Waals surface area contributed by atoms with Crippen molar-refractivity contribution in [1.29, 1.82) is 0 Å². The number of halogens is 1. The molecule has 1 atom stereocenters. The van der Waals surface area contributed by atoms with Crippen LogP contribution < -0.4 is 10.6 Å². The first-order chi connectivity index (χ1) is 10.2. The fourth-order valence-corrected chi connectivity index (χ4v) is 2.58. The maximum atomic E-state index is 13.6. The Morgan fingerprint density at radius 2 is 2.19 bits per heavy atom. The highest BCUT2D eigenvalue weighted by Gasteiger charge is 2.20. The maximum Gasteiger partial charge on any atom is 0.191 e. The molecule has 1 saturated heterocycles. The first-order valence-corrected chi connectivity index (χ1v) is 7.66. The van der Waals surface area contributed by atoms with E-state index in [9.17, 15) is 4.39 Å². The minimum Gasteiger partial charge on any atom is -0.357 e. The number of aliphatic imine (C=N–C) groups is 1. The summed E-state index contributed by atoms with van der Waals surface area (Å²) < 4.78 is 13.6. The molecule has 21 heavy (non-hydrogen) atoms. The van der Waals surface area contributed by atoms with Crippen LogP contribution in [0.25, 0.3) is 0 Å². The van der Waals surface area contributed by atoms with E-state index in [4.69, 9.17) is 0 Å². The first-order valence-electron chi connectivity index (χ1n) is 7.66. The third kappa shape index (κ3) is 4.70. The first kappa shape index (κ1) is 15.8. The van der Waals surface area contributed by atoms with Gasteiger partial charge in [-0.1, -0.05) is 18.2 Å². The number of nitrogens with one attached hydrogen (secondary N) is 2. The van der Waals surface area contributed by atoms with Crippen LogP contribution in [0.3, 0.4) is 0 Å². The van der Waals surface area contributed by atoms with E-state index in [2.05, 4.69) is 27.6 Å². The summed E-state index contributed by atoms with van der Waals surface area (Å²) >= 11 is 0. The summed E-state index contributed by atoms with van der Waals surface area (Å²) in [5.74, 6) is 0.550. The Bertz CT molecular complexity index is 475. The van der Waals surface area contributed by atoms with Gasteiger partial charge in [0.25, 0.3) is 0 Å². The molecule has 1 aromatic rings. The van der Waals surface area contributed by atoms with Crippen molar-refractivity contribution in [2.45, 2.75) is 32.4 Å². The zero-order valence-electron chi connectivity index (χ0n) is 12.9. The highest BCUT2D eigenvalue weighted by Crippen LogP contribution is 2.13. The molecule has 116 valence electrons. The van der Waals surface area contributed by atoms with Crippen molar-refractivity contribution >= 4 is 5.96 Å². The van der Waals surface area contributed by atoms with Crippen molar-refractivity contribution in [2.24, 2.45) is 4.99 Å². The molecular weight excluding hydrogens is 267 g/mol. The summed E-state index contributed by atoms with van der Waals surface area (Å²) in [5, 5.41) is 6.57. The fourth-order valence-electron chi connectivity index (χ4n) is 2.58. The van der Waals surface area contributed by atoms with Gasteiger partial charge in [-0.05, 0) is 39.4 Å². The molecule has 1 aromatic carbocycles. The standard InChI is InChI=1S/C16H25FN4/c1-3-18-16(20-12-14-8-6-10-21(14)2)19-11-13-7-4-5-9-15(13)17/h4-5,7,9,14H,3,6,8,10-12H2,1-2H3,(H2,18,19,20). The number of benzene rings is 1. The SMILES string of the molecule is CCNC(=NCc1ccccc1F)NCC1CCCN1C. The molecule has 0 radical (unpaired) electrons. The lowest BCUT2D eigenvalue weighted by molar-refractivity contribution is 0.309. The average Bonchev–Trinajstić information content (AvgIpc) is 2.89. The Hall–Kier alpha value is -1.62. The molecule has 0 aliphatic carbocycles. The van der Waals surface area contributed by atoms with Gasteiger partial charge in [-0.25, -0.2) is 9.38 Å². The molecule has 2 N–H and O–H groups in total. The molecule has 1 fully saturated rings. The summed E-state index contributed by atoms with van der Waals surface area (Å²) in [6.07, 6.45) is 2.47. The Kier molecular flexibility index (Phi) is 5.99. The van der Waals surface area contributed by atoms with Gasteiger partial charge in [0.05, 0.1) is 6.54 Å². The average molecular weight is 292 g/mol. The topological polar surface area (TPSA) is 39.7 Å². The number of rotatable bonds is 5. The monoisotopic (exact) mass is 292 g/mol. The van der Waals surface area contributed by atoms with Crippen LogP contribution in [0.2, 0.25) is 0 Å². The number of hydrogen-bond acceptors (Lipinski definition) is 2. The van der Waals surface area contributed by atoms with Crippen LogP contribution in [0.4, 0.5) is 4.39 Å². The molecule has 0 saturated carbocycles. The molecule has 0 spiro atoms. The quantitative estimate of drug-likeness (QED) is 0.644. The van der Waals surface area contributed by atoms with Crippen molar-refractivity contribution in [1.82, 2.24) is 15.5 Å². The lowest BCUT2D eigenvalue weighted by atomic mass is 10.2. The van der Waals surface area contributed by atoms with Gasteiger partial charge in [-0.3, -0.25) is 0 Å². The maximum absolute atomic E-state index is 13.6. The normalized spacial score (nSPS) is 19.8. The smallest absolute Gasteiger partial charge is 0.191 e. The summed E-state index contributed by atoms with van der Waals surface area (Å²) in [6, 6.07) is 7.33. The number of likely N-dealkylation sites (N-methyl/N-ethyl adjacent to an activating group) is 1. The minimum absolute atomic E-state index is 0.201. The van der Waals surface area contributed by atoms with Crippen LogP contribution in [0.1, 0.15) is 25.3 Å². The van der Waals surface area contributed by atoms with Gasteiger partial charge >= 0.3 is 0 Å². The van der Waals surface area contributed by atoms with Gasteiger partial charge in [0.1, 0.15) is 5.82 Å². The van der Waals surface area contributed by atoms with E-state index in [1.54, 1.807) is 12.1 Å². The van der Waals surface area contributed by atoms with E-state index in [-0.39, 0.29) is 5.82 Å². The van der Waals surface area contributed by atoms with E-state index in [1.807, 2.05) is 13.0 Å². The second-order valence-electron chi connectivity index (χ2n) is 5.44. The van der Waals surface area contributed by atoms with Gasteiger partial charge in [0, 0.05) is 24.7 Å². The Morgan fingerprint density at radius 3 is 2.86 bits per heavy atom. The molecule has 5 heteroatoms. The van der Waals surface area contributed by atoms with Gasteiger partial charge in [0.15, 0.2) is 5.96 Å². The Morgan fingerprint density at radius 1 is 1.38 bits per heavy atom. The second kappa shape index (κ2) is 7.98. The molecule has 4 nitrogen and oxygen atoms in total. The molecule has 0 amide bonds. The van der Waals surface area contributed by atoms with E-state index in [0.717, 1.165) is 25.6 Å². The van der Waals surface area contributed by atoms with Gasteiger partial charge in [-0.15, -0.1) is 0 Å². The number of nitrogens with zero attached hydrogens (tertiary/aromatic N) is 2. The van der Waals surface area contributed by atoms with E-state index >= 15 is 0 Å². The lowest BCUT2D eigenvalue weighted by Crippen LogP contribution is -2.44. The highest BCUT2D eigenvalue weighted by molar-refractivity contribution is 5.79. The largest absolute Gasteiger partial charge is 0.357 e. The minimum atomic E-state index is -0.201. The predicted molar refractivity (Wildman–Crippen MR) is 84.9 cm³/mol. The number of guanidine groups is 1. The molecule has 2 rings (SSSR count). The van der Waals surface area contributed by atoms with Crippen LogP contribution in [0, 0.1) is 5.82 Å². The third-order valence-electron chi connectivity index (χ3n) is 3.89. The third-order valence-corrected chi connectivity index (χ3v) is 3.89. The van der Waals surface area contributed by atoms with E-state index in [0.29, 0.717) is 18.2 Å². The molecule has 0 aromatic heterocycles. The fraction of sp³-hybridized carbons (Fsp3) is 0.562. The van der Waals surface area contributed by atoms with Crippen LogP contribution in [-0.2, 0) is 6.54 Å². The molecule has 1 heterocycles. The predicted octanol–water partition coefficient (Wildman–Crippen LogP) is 1.98. The number of hydrogen-bond donors (Lipinski definition) is 2. The van der Waals surface area contributed by atoms with Crippen LogP contribution in [0.15, 0.2) is 29.3 Å². The number of likely N-dealkylation sites (tertiary alicyclic amines) is 1. The molecule has 1 aliphatic heterocycles. The van der Waals surface area contributed by atoms with Crippen LogP contribution in [0.5, 0.6) is 0 Å². The highest BCUT2D eigenvalue weighted by atomic mass is 19.1. The van der Waals surface area contributed by atoms with Crippen molar-refractivity contribution < 1.29 is 4.39 Å². The lowest BCUT2D eigenvalue weighted by Gasteiger charge is -2.21. The van der Waals surface area contributed by atoms with Crippen molar-refractivity contribution in [2.75, 3.05) is 26.7 Å². The van der Waals surface area contributed by atoms with Crippen LogP contribution >= 0.6 is 0 Å². The summed E-state index contributed by atoms with van der Waals surface area (Å²) in [4.78, 5) is 6.83. The molecular formula is C16H25FN4. The van der Waals surface area contributed by atoms with Crippen molar-refractivity contribution in [3.8, 4) is 0 Å². The summed E-state index contributed by atoms with van der Waals surface area (Å²) in [7, 11) is 2.16. The Balaban J connectivity index is 1.91. The molecule has 1 aliphatic rings. The van der Waals surface area contributed by atoms with Gasteiger partial charge < -0.3 is 15.5 Å². The van der Waals surface area contributed by atoms with Crippen LogP contribution in [-0.4, -0.2) is 43.6 Å². The van der Waals surface area contributed by atoms with Crippen molar-refractivity contribution in [3.05, 3.63) is 35.6 Å². The molecule has 0 bridgehead atoms. The zero-order valence-corrected chi connectivity index (χ0v) is 12.9. The molecule has 1 unspecified atom stereocenters. The van der Waals surface area contributed by atoms with E-state index in [1.165, 1.54) is 18.9 Å². The summed E-state index contributed by atoms with van der Waals surface area (Å²) in [5.41, 5.74) is 0.618. The summed E-state index contributed by atoms with van der Waals surface area (Å²) in [6.45, 7) is 5.21.